The lowest BCUT2D eigenvalue weighted by Crippen LogP contribution is -2.21. The molecule has 0 aliphatic heterocycles. The number of fused-ring (bicyclic) bond motifs is 1. The van der Waals surface area contributed by atoms with Crippen LogP contribution in [0, 0.1) is 6.92 Å². The van der Waals surface area contributed by atoms with E-state index in [4.69, 9.17) is 4.42 Å². The quantitative estimate of drug-likeness (QED) is 0.554. The van der Waals surface area contributed by atoms with Gasteiger partial charge in [-0.2, -0.15) is 13.2 Å². The van der Waals surface area contributed by atoms with Crippen molar-refractivity contribution in [2.75, 3.05) is 18.0 Å². The number of hydrogen-bond donors (Lipinski definition) is 0. The molecule has 0 saturated heterocycles. The molecule has 0 unspecified atom stereocenters. The van der Waals surface area contributed by atoms with Crippen LogP contribution in [-0.2, 0) is 6.18 Å². The smallest absolute Gasteiger partial charge is 0.416 e. The van der Waals surface area contributed by atoms with Crippen LogP contribution in [0.25, 0.3) is 22.1 Å². The zero-order valence-corrected chi connectivity index (χ0v) is 15.4. The SMILES string of the molecule is CCN(CC)c1ccc2c(C)c(-c3ccc(C(F)(F)F)cc3)c(=O)oc2c1. The van der Waals surface area contributed by atoms with Crippen molar-refractivity contribution in [3.8, 4) is 11.1 Å². The topological polar surface area (TPSA) is 33.5 Å². The average molecular weight is 375 g/mol. The van der Waals surface area contributed by atoms with Crippen molar-refractivity contribution in [2.24, 2.45) is 0 Å². The number of alkyl halides is 3. The molecule has 1 aromatic heterocycles. The predicted octanol–water partition coefficient (Wildman–Crippen LogP) is 5.63. The third-order valence-corrected chi connectivity index (χ3v) is 4.78. The van der Waals surface area contributed by atoms with Gasteiger partial charge < -0.3 is 9.32 Å². The zero-order valence-electron chi connectivity index (χ0n) is 15.4. The molecule has 0 amide bonds. The van der Waals surface area contributed by atoms with Crippen LogP contribution in [0.4, 0.5) is 18.9 Å². The largest absolute Gasteiger partial charge is 0.422 e. The van der Waals surface area contributed by atoms with Crippen molar-refractivity contribution < 1.29 is 17.6 Å². The number of rotatable bonds is 4. The number of halogens is 3. The highest BCUT2D eigenvalue weighted by Crippen LogP contribution is 2.33. The molecule has 0 aliphatic carbocycles. The van der Waals surface area contributed by atoms with E-state index in [0.29, 0.717) is 16.7 Å². The van der Waals surface area contributed by atoms with Gasteiger partial charge in [-0.05, 0) is 56.2 Å². The Labute approximate surface area is 155 Å². The Morgan fingerprint density at radius 3 is 2.19 bits per heavy atom. The molecule has 0 bridgehead atoms. The molecule has 27 heavy (non-hydrogen) atoms. The first-order valence-electron chi connectivity index (χ1n) is 8.76. The van der Waals surface area contributed by atoms with E-state index in [0.717, 1.165) is 36.3 Å². The fourth-order valence-electron chi connectivity index (χ4n) is 3.29. The van der Waals surface area contributed by atoms with Gasteiger partial charge in [-0.1, -0.05) is 12.1 Å². The molecule has 142 valence electrons. The fraction of sp³-hybridized carbons (Fsp3) is 0.286. The van der Waals surface area contributed by atoms with E-state index in [2.05, 4.69) is 4.90 Å². The summed E-state index contributed by atoms with van der Waals surface area (Å²) >= 11 is 0. The van der Waals surface area contributed by atoms with Crippen molar-refractivity contribution in [3.63, 3.8) is 0 Å². The molecule has 0 spiro atoms. The van der Waals surface area contributed by atoms with Crippen LogP contribution in [0.3, 0.4) is 0 Å². The van der Waals surface area contributed by atoms with Gasteiger partial charge >= 0.3 is 11.8 Å². The van der Waals surface area contributed by atoms with Crippen LogP contribution >= 0.6 is 0 Å². The molecule has 0 atom stereocenters. The third-order valence-electron chi connectivity index (χ3n) is 4.78. The summed E-state index contributed by atoms with van der Waals surface area (Å²) in [5, 5.41) is 0.764. The van der Waals surface area contributed by atoms with Crippen molar-refractivity contribution in [3.05, 3.63) is 64.0 Å². The molecule has 3 rings (SSSR count). The van der Waals surface area contributed by atoms with Gasteiger partial charge in [0.2, 0.25) is 0 Å². The minimum Gasteiger partial charge on any atom is -0.422 e. The van der Waals surface area contributed by atoms with Gasteiger partial charge in [0.25, 0.3) is 0 Å². The highest BCUT2D eigenvalue weighted by molar-refractivity contribution is 5.88. The van der Waals surface area contributed by atoms with Crippen LogP contribution in [0.15, 0.2) is 51.7 Å². The first-order chi connectivity index (χ1) is 12.8. The number of hydrogen-bond acceptors (Lipinski definition) is 3. The minimum absolute atomic E-state index is 0.284. The Kier molecular flexibility index (Phi) is 5.00. The van der Waals surface area contributed by atoms with Gasteiger partial charge in [0.05, 0.1) is 11.1 Å². The van der Waals surface area contributed by atoms with Crippen LogP contribution in [0.1, 0.15) is 25.0 Å². The first kappa shape index (κ1) is 19.0. The second kappa shape index (κ2) is 7.10. The Bertz CT molecular complexity index is 1020. The van der Waals surface area contributed by atoms with Gasteiger partial charge in [-0.25, -0.2) is 4.79 Å². The Morgan fingerprint density at radius 1 is 1.00 bits per heavy atom. The average Bonchev–Trinajstić information content (AvgIpc) is 2.62. The summed E-state index contributed by atoms with van der Waals surface area (Å²) in [6.07, 6.45) is -4.41. The number of anilines is 1. The van der Waals surface area contributed by atoms with Gasteiger partial charge in [-0.15, -0.1) is 0 Å². The second-order valence-electron chi connectivity index (χ2n) is 6.32. The van der Waals surface area contributed by atoms with E-state index < -0.39 is 17.4 Å². The van der Waals surface area contributed by atoms with Crippen molar-refractivity contribution in [1.82, 2.24) is 0 Å². The maximum Gasteiger partial charge on any atom is 0.416 e. The van der Waals surface area contributed by atoms with Gasteiger partial charge in [0, 0.05) is 30.2 Å². The maximum atomic E-state index is 12.8. The molecular formula is C21H20F3NO2. The molecule has 1 heterocycles. The van der Waals surface area contributed by atoms with E-state index in [1.165, 1.54) is 12.1 Å². The summed E-state index contributed by atoms with van der Waals surface area (Å²) < 4.78 is 43.8. The molecule has 0 aliphatic rings. The summed E-state index contributed by atoms with van der Waals surface area (Å²) in [5.41, 5.74) is 1.49. The second-order valence-corrected chi connectivity index (χ2v) is 6.32. The Balaban J connectivity index is 2.12. The normalized spacial score (nSPS) is 11.8. The van der Waals surface area contributed by atoms with Crippen molar-refractivity contribution in [2.45, 2.75) is 26.9 Å². The van der Waals surface area contributed by atoms with Gasteiger partial charge in [-0.3, -0.25) is 0 Å². The summed E-state index contributed by atoms with van der Waals surface area (Å²) in [7, 11) is 0. The van der Waals surface area contributed by atoms with Crippen LogP contribution in [0.2, 0.25) is 0 Å². The predicted molar refractivity (Wildman–Crippen MR) is 101 cm³/mol. The minimum atomic E-state index is -4.41. The standard InChI is InChI=1S/C21H20F3NO2/c1-4-25(5-2)16-10-11-17-13(3)19(20(26)27-18(17)12-16)14-6-8-15(9-7-14)21(22,23)24/h6-12H,4-5H2,1-3H3. The lowest BCUT2D eigenvalue weighted by atomic mass is 9.98. The third kappa shape index (κ3) is 3.56. The lowest BCUT2D eigenvalue weighted by Gasteiger charge is -2.21. The van der Waals surface area contributed by atoms with E-state index in [1.54, 1.807) is 6.92 Å². The monoisotopic (exact) mass is 375 g/mol. The molecule has 0 fully saturated rings. The highest BCUT2D eigenvalue weighted by Gasteiger charge is 2.30. The van der Waals surface area contributed by atoms with Crippen molar-refractivity contribution >= 4 is 16.7 Å². The lowest BCUT2D eigenvalue weighted by molar-refractivity contribution is -0.137. The first-order valence-corrected chi connectivity index (χ1v) is 8.76. The molecule has 3 aromatic rings. The Morgan fingerprint density at radius 2 is 1.63 bits per heavy atom. The molecule has 3 nitrogen and oxygen atoms in total. The number of aryl methyl sites for hydroxylation is 1. The number of benzene rings is 2. The Hall–Kier alpha value is -2.76. The zero-order chi connectivity index (χ0) is 19.8. The summed E-state index contributed by atoms with van der Waals surface area (Å²) in [6.45, 7) is 7.53. The molecule has 0 N–H and O–H groups in total. The van der Waals surface area contributed by atoms with E-state index in [9.17, 15) is 18.0 Å². The van der Waals surface area contributed by atoms with E-state index >= 15 is 0 Å². The van der Waals surface area contributed by atoms with Crippen LogP contribution in [0.5, 0.6) is 0 Å². The molecular weight excluding hydrogens is 355 g/mol. The van der Waals surface area contributed by atoms with E-state index in [-0.39, 0.29) is 5.56 Å². The molecule has 0 radical (unpaired) electrons. The van der Waals surface area contributed by atoms with Gasteiger partial charge in [0.1, 0.15) is 5.58 Å². The summed E-state index contributed by atoms with van der Waals surface area (Å²) in [5.74, 6) is 0. The molecule has 2 aromatic carbocycles. The fourth-order valence-corrected chi connectivity index (χ4v) is 3.29. The molecule has 0 saturated carbocycles. The van der Waals surface area contributed by atoms with Gasteiger partial charge in [0.15, 0.2) is 0 Å². The number of nitrogens with zero attached hydrogens (tertiary/aromatic N) is 1. The van der Waals surface area contributed by atoms with Crippen LogP contribution < -0.4 is 10.5 Å². The maximum absolute atomic E-state index is 12.8. The van der Waals surface area contributed by atoms with Crippen molar-refractivity contribution in [1.29, 1.82) is 0 Å². The molecule has 6 heteroatoms. The summed E-state index contributed by atoms with van der Waals surface area (Å²) in [4.78, 5) is 14.7. The highest BCUT2D eigenvalue weighted by atomic mass is 19.4. The summed E-state index contributed by atoms with van der Waals surface area (Å²) in [6, 6.07) is 10.2. The van der Waals surface area contributed by atoms with E-state index in [1.807, 2.05) is 32.0 Å². The van der Waals surface area contributed by atoms with Crippen LogP contribution in [-0.4, -0.2) is 13.1 Å².